The smallest absolute Gasteiger partial charge is 0.234 e. The van der Waals surface area contributed by atoms with Crippen LogP contribution in [0.2, 0.25) is 0 Å². The molecule has 144 valence electrons. The number of nitrogens with one attached hydrogen (secondary N) is 2. The Labute approximate surface area is 161 Å². The van der Waals surface area contributed by atoms with Crippen molar-refractivity contribution < 1.29 is 9.53 Å². The van der Waals surface area contributed by atoms with Gasteiger partial charge in [0.05, 0.1) is 18.2 Å². The topological polar surface area (TPSA) is 66.0 Å². The van der Waals surface area contributed by atoms with Crippen molar-refractivity contribution in [1.29, 1.82) is 0 Å². The van der Waals surface area contributed by atoms with E-state index in [4.69, 9.17) is 4.74 Å². The fourth-order valence-corrected chi connectivity index (χ4v) is 2.54. The summed E-state index contributed by atoms with van der Waals surface area (Å²) < 4.78 is 5.43. The molecule has 6 nitrogen and oxygen atoms in total. The van der Waals surface area contributed by atoms with Gasteiger partial charge >= 0.3 is 0 Å². The molecule has 0 aromatic heterocycles. The van der Waals surface area contributed by atoms with Crippen molar-refractivity contribution >= 4 is 23.0 Å². The van der Waals surface area contributed by atoms with Gasteiger partial charge in [0, 0.05) is 17.9 Å². The van der Waals surface area contributed by atoms with E-state index in [1.165, 1.54) is 0 Å². The number of rotatable bonds is 9. The Hall–Kier alpha value is -2.86. The highest BCUT2D eigenvalue weighted by molar-refractivity contribution is 6.08. The van der Waals surface area contributed by atoms with Crippen molar-refractivity contribution in [1.82, 2.24) is 4.90 Å². The first-order valence-corrected chi connectivity index (χ1v) is 9.03. The first-order chi connectivity index (χ1) is 13.0. The fourth-order valence-electron chi connectivity index (χ4n) is 2.54. The van der Waals surface area contributed by atoms with Crippen molar-refractivity contribution in [3.63, 3.8) is 0 Å². The number of nitrogens with zero attached hydrogens (tertiary/aromatic N) is 2. The maximum atomic E-state index is 12.8. The fraction of sp³-hybridized carbons (Fsp3) is 0.333. The molecule has 27 heavy (non-hydrogen) atoms. The predicted molar refractivity (Wildman–Crippen MR) is 111 cm³/mol. The van der Waals surface area contributed by atoms with Crippen LogP contribution in [0.4, 0.5) is 11.4 Å². The van der Waals surface area contributed by atoms with Gasteiger partial charge < -0.3 is 15.0 Å². The third kappa shape index (κ3) is 6.75. The molecule has 0 saturated heterocycles. The highest BCUT2D eigenvalue weighted by atomic mass is 16.5. The monoisotopic (exact) mass is 368 g/mol. The van der Waals surface area contributed by atoms with Gasteiger partial charge in [0.2, 0.25) is 5.91 Å². The van der Waals surface area contributed by atoms with Crippen LogP contribution in [0.5, 0.6) is 5.75 Å². The summed E-state index contributed by atoms with van der Waals surface area (Å²) in [5.74, 6) is 0.317. The van der Waals surface area contributed by atoms with Gasteiger partial charge in [-0.15, -0.1) is 0 Å². The number of amides is 1. The average molecular weight is 368 g/mol. The molecule has 1 atom stereocenters. The van der Waals surface area contributed by atoms with Gasteiger partial charge in [0.15, 0.2) is 0 Å². The second kappa shape index (κ2) is 10.3. The molecule has 0 aliphatic heterocycles. The number of para-hydroxylation sites is 1. The molecule has 2 N–H and O–H groups in total. The third-order valence-corrected chi connectivity index (χ3v) is 3.94. The minimum Gasteiger partial charge on any atom is -0.494 e. The normalized spacial score (nSPS) is 12.6. The number of anilines is 2. The lowest BCUT2D eigenvalue weighted by Gasteiger charge is -2.20. The van der Waals surface area contributed by atoms with Gasteiger partial charge in [0.25, 0.3) is 0 Å². The van der Waals surface area contributed by atoms with Gasteiger partial charge in [-0.3, -0.25) is 10.2 Å². The Kier molecular flexibility index (Phi) is 7.82. The van der Waals surface area contributed by atoms with Crippen molar-refractivity contribution in [2.45, 2.75) is 13.8 Å². The summed E-state index contributed by atoms with van der Waals surface area (Å²) >= 11 is 0. The minimum absolute atomic E-state index is 0.0935. The molecule has 0 saturated carbocycles. The number of hydrazone groups is 1. The minimum atomic E-state index is -0.372. The molecule has 0 heterocycles. The number of benzene rings is 2. The van der Waals surface area contributed by atoms with Gasteiger partial charge in [-0.2, -0.15) is 5.10 Å². The summed E-state index contributed by atoms with van der Waals surface area (Å²) in [6, 6.07) is 17.0. The van der Waals surface area contributed by atoms with Crippen LogP contribution in [0.25, 0.3) is 0 Å². The second-order valence-corrected chi connectivity index (χ2v) is 6.49. The van der Waals surface area contributed by atoms with Crippen molar-refractivity contribution in [2.75, 3.05) is 38.0 Å². The molecule has 2 aromatic carbocycles. The van der Waals surface area contributed by atoms with Crippen molar-refractivity contribution in [3.05, 3.63) is 54.6 Å². The quantitative estimate of drug-likeness (QED) is 0.523. The van der Waals surface area contributed by atoms with E-state index >= 15 is 0 Å². The maximum Gasteiger partial charge on any atom is 0.234 e. The Bertz CT molecular complexity index is 743. The Morgan fingerprint density at radius 2 is 1.74 bits per heavy atom. The van der Waals surface area contributed by atoms with Crippen LogP contribution < -0.4 is 15.5 Å². The zero-order valence-corrected chi connectivity index (χ0v) is 16.4. The van der Waals surface area contributed by atoms with E-state index < -0.39 is 0 Å². The molecule has 2 rings (SSSR count). The van der Waals surface area contributed by atoms with Gasteiger partial charge in [-0.25, -0.2) is 0 Å². The molecule has 0 radical (unpaired) electrons. The number of hydrogen-bond acceptors (Lipinski definition) is 5. The number of hydrogen-bond donors (Lipinski definition) is 2. The first-order valence-electron chi connectivity index (χ1n) is 9.03. The van der Waals surface area contributed by atoms with E-state index in [0.29, 0.717) is 13.2 Å². The Morgan fingerprint density at radius 1 is 1.07 bits per heavy atom. The zero-order valence-electron chi connectivity index (χ0n) is 16.4. The summed E-state index contributed by atoms with van der Waals surface area (Å²) in [6.45, 7) is 4.98. The van der Waals surface area contributed by atoms with E-state index in [1.54, 1.807) is 0 Å². The standard InChI is InChI=1S/C21H28N4O2/c1-5-27-19-13-11-17(12-14-19)22-21(26)20(15-25(3)4)16(2)23-24-18-9-7-6-8-10-18/h6-14,20,24H,5,15H2,1-4H3,(H,22,26)/b23-16-/t20-/m1/s1. The highest BCUT2D eigenvalue weighted by Gasteiger charge is 2.23. The van der Waals surface area contributed by atoms with Crippen LogP contribution in [-0.4, -0.2) is 43.8 Å². The van der Waals surface area contributed by atoms with E-state index in [9.17, 15) is 4.79 Å². The number of ether oxygens (including phenoxy) is 1. The number of carbonyl (C=O) groups excluding carboxylic acids is 1. The SMILES string of the molecule is CCOc1ccc(NC(=O)[C@H](CN(C)C)/C(C)=N\Nc2ccccc2)cc1. The summed E-state index contributed by atoms with van der Waals surface area (Å²) in [7, 11) is 3.88. The Balaban J connectivity index is 2.08. The van der Waals surface area contributed by atoms with Crippen molar-refractivity contribution in [2.24, 2.45) is 11.0 Å². The van der Waals surface area contributed by atoms with Crippen LogP contribution in [0.15, 0.2) is 59.7 Å². The van der Waals surface area contributed by atoms with Crippen LogP contribution in [0.1, 0.15) is 13.8 Å². The molecule has 0 spiro atoms. The lowest BCUT2D eigenvalue weighted by Crippen LogP contribution is -2.36. The summed E-state index contributed by atoms with van der Waals surface area (Å²) in [5.41, 5.74) is 5.34. The molecule has 2 aromatic rings. The average Bonchev–Trinajstić information content (AvgIpc) is 2.66. The first kappa shape index (κ1) is 20.5. The van der Waals surface area contributed by atoms with E-state index in [-0.39, 0.29) is 11.8 Å². The third-order valence-electron chi connectivity index (χ3n) is 3.94. The summed E-state index contributed by atoms with van der Waals surface area (Å²) in [4.78, 5) is 14.8. The summed E-state index contributed by atoms with van der Waals surface area (Å²) in [6.07, 6.45) is 0. The molecular formula is C21H28N4O2. The summed E-state index contributed by atoms with van der Waals surface area (Å²) in [5, 5.41) is 7.37. The van der Waals surface area contributed by atoms with Crippen molar-refractivity contribution in [3.8, 4) is 5.75 Å². The largest absolute Gasteiger partial charge is 0.494 e. The van der Waals surface area contributed by atoms with Gasteiger partial charge in [-0.05, 0) is 64.3 Å². The van der Waals surface area contributed by atoms with Crippen LogP contribution in [0, 0.1) is 5.92 Å². The van der Waals surface area contributed by atoms with E-state index in [2.05, 4.69) is 15.8 Å². The lowest BCUT2D eigenvalue weighted by atomic mass is 10.0. The zero-order chi connectivity index (χ0) is 19.6. The Morgan fingerprint density at radius 3 is 2.33 bits per heavy atom. The van der Waals surface area contributed by atoms with E-state index in [0.717, 1.165) is 22.8 Å². The predicted octanol–water partition coefficient (Wildman–Crippen LogP) is 3.69. The molecule has 0 fully saturated rings. The molecule has 1 amide bonds. The molecule has 0 aliphatic carbocycles. The molecular weight excluding hydrogens is 340 g/mol. The highest BCUT2D eigenvalue weighted by Crippen LogP contribution is 2.17. The molecule has 0 aliphatic rings. The van der Waals surface area contributed by atoms with Gasteiger partial charge in [-0.1, -0.05) is 18.2 Å². The van der Waals surface area contributed by atoms with Crippen LogP contribution in [-0.2, 0) is 4.79 Å². The maximum absolute atomic E-state index is 12.8. The second-order valence-electron chi connectivity index (χ2n) is 6.49. The molecule has 0 unspecified atom stereocenters. The van der Waals surface area contributed by atoms with Gasteiger partial charge in [0.1, 0.15) is 5.75 Å². The van der Waals surface area contributed by atoms with E-state index in [1.807, 2.05) is 87.4 Å². The lowest BCUT2D eigenvalue weighted by molar-refractivity contribution is -0.118. The molecule has 6 heteroatoms. The van der Waals surface area contributed by atoms with Crippen LogP contribution in [0.3, 0.4) is 0 Å². The van der Waals surface area contributed by atoms with Crippen LogP contribution >= 0.6 is 0 Å². The molecule has 0 bridgehead atoms. The number of carbonyl (C=O) groups is 1.